The van der Waals surface area contributed by atoms with E-state index in [9.17, 15) is 0 Å². The van der Waals surface area contributed by atoms with Crippen LogP contribution in [0.15, 0.2) is 0 Å². The maximum atomic E-state index is 3.45. The van der Waals surface area contributed by atoms with Crippen LogP contribution in [0.1, 0.15) is 19.3 Å². The lowest BCUT2D eigenvalue weighted by Gasteiger charge is -2.47. The summed E-state index contributed by atoms with van der Waals surface area (Å²) in [5.41, 5.74) is 0.523. The van der Waals surface area contributed by atoms with Crippen LogP contribution in [0.4, 0.5) is 0 Å². The lowest BCUT2D eigenvalue weighted by Crippen LogP contribution is -2.57. The maximum absolute atomic E-state index is 3.45. The number of nitrogens with one attached hydrogen (secondary N) is 1. The van der Waals surface area contributed by atoms with Crippen molar-refractivity contribution in [2.45, 2.75) is 24.8 Å². The third-order valence-electron chi connectivity index (χ3n) is 2.92. The quantitative estimate of drug-likeness (QED) is 0.556. The minimum absolute atomic E-state index is 0.523. The SMILES string of the molecule is INC12CCN(CC1)CC2. The number of hydrogen-bond donors (Lipinski definition) is 1. The normalized spacial score (nSPS) is 45.9. The van der Waals surface area contributed by atoms with Gasteiger partial charge in [0.25, 0.3) is 0 Å². The molecule has 1 N–H and O–H groups in total. The van der Waals surface area contributed by atoms with E-state index < -0.39 is 0 Å². The molecule has 0 amide bonds. The molecule has 3 saturated heterocycles. The highest BCUT2D eigenvalue weighted by atomic mass is 127. The molecule has 0 aromatic rings. The molecule has 0 unspecified atom stereocenters. The maximum Gasteiger partial charge on any atom is 0.0311 e. The number of nitrogens with zero attached hydrogens (tertiary/aromatic N) is 1. The Morgan fingerprint density at radius 2 is 1.60 bits per heavy atom. The average Bonchev–Trinajstić information content (AvgIpc) is 2.08. The van der Waals surface area contributed by atoms with Gasteiger partial charge in [-0.3, -0.25) is 3.53 Å². The van der Waals surface area contributed by atoms with E-state index in [1.807, 2.05) is 0 Å². The molecule has 0 atom stereocenters. The van der Waals surface area contributed by atoms with Crippen LogP contribution in [-0.4, -0.2) is 30.1 Å². The third-order valence-corrected chi connectivity index (χ3v) is 4.06. The van der Waals surface area contributed by atoms with Crippen LogP contribution in [0.3, 0.4) is 0 Å². The minimum Gasteiger partial charge on any atom is -0.303 e. The second-order valence-corrected chi connectivity index (χ2v) is 4.01. The van der Waals surface area contributed by atoms with Crippen LogP contribution >= 0.6 is 22.9 Å². The van der Waals surface area contributed by atoms with E-state index in [-0.39, 0.29) is 0 Å². The van der Waals surface area contributed by atoms with E-state index in [0.717, 1.165) is 0 Å². The summed E-state index contributed by atoms with van der Waals surface area (Å²) in [6.45, 7) is 3.95. The van der Waals surface area contributed by atoms with Crippen molar-refractivity contribution < 1.29 is 0 Å². The largest absolute Gasteiger partial charge is 0.303 e. The molecule has 0 spiro atoms. The molecule has 3 heterocycles. The minimum atomic E-state index is 0.523. The zero-order valence-electron chi connectivity index (χ0n) is 6.07. The van der Waals surface area contributed by atoms with E-state index >= 15 is 0 Å². The highest BCUT2D eigenvalue weighted by Gasteiger charge is 2.38. The molecule has 2 bridgehead atoms. The monoisotopic (exact) mass is 252 g/mol. The molecule has 0 aliphatic carbocycles. The van der Waals surface area contributed by atoms with Gasteiger partial charge in [0.15, 0.2) is 0 Å². The van der Waals surface area contributed by atoms with Crippen molar-refractivity contribution in [1.29, 1.82) is 0 Å². The summed E-state index contributed by atoms with van der Waals surface area (Å²) < 4.78 is 3.45. The van der Waals surface area contributed by atoms with Gasteiger partial charge >= 0.3 is 0 Å². The highest BCUT2D eigenvalue weighted by molar-refractivity contribution is 14.1. The Hall–Kier alpha value is 0.650. The van der Waals surface area contributed by atoms with Crippen LogP contribution in [-0.2, 0) is 0 Å². The molecule has 2 nitrogen and oxygen atoms in total. The molecule has 0 saturated carbocycles. The second-order valence-electron chi connectivity index (χ2n) is 3.47. The Labute approximate surface area is 75.8 Å². The topological polar surface area (TPSA) is 15.3 Å². The number of halogens is 1. The number of hydrogen-bond acceptors (Lipinski definition) is 2. The Balaban J connectivity index is 2.08. The lowest BCUT2D eigenvalue weighted by molar-refractivity contribution is 0.0809. The Bertz CT molecular complexity index is 116. The van der Waals surface area contributed by atoms with Crippen LogP contribution in [0.2, 0.25) is 0 Å². The van der Waals surface area contributed by atoms with Crippen LogP contribution < -0.4 is 3.53 Å². The summed E-state index contributed by atoms with van der Waals surface area (Å²) in [7, 11) is 0. The fourth-order valence-corrected chi connectivity index (χ4v) is 2.78. The highest BCUT2D eigenvalue weighted by Crippen LogP contribution is 2.32. The fraction of sp³-hybridized carbons (Fsp3) is 1.00. The standard InChI is InChI=1S/C7H13IN2/c8-9-7-1-4-10(5-2-7)6-3-7/h9H,1-6H2. The van der Waals surface area contributed by atoms with E-state index in [4.69, 9.17) is 0 Å². The van der Waals surface area contributed by atoms with Gasteiger partial charge in [0.2, 0.25) is 0 Å². The molecule has 3 rings (SSSR count). The summed E-state index contributed by atoms with van der Waals surface area (Å²) in [4.78, 5) is 2.57. The number of fused-ring (bicyclic) bond motifs is 3. The van der Waals surface area contributed by atoms with Gasteiger partial charge in [-0.15, -0.1) is 0 Å². The predicted octanol–water partition coefficient (Wildman–Crippen LogP) is 1.16. The van der Waals surface area contributed by atoms with E-state index in [0.29, 0.717) is 5.54 Å². The van der Waals surface area contributed by atoms with Gasteiger partial charge in [0.05, 0.1) is 0 Å². The van der Waals surface area contributed by atoms with Crippen molar-refractivity contribution in [1.82, 2.24) is 8.43 Å². The molecule has 3 aliphatic heterocycles. The van der Waals surface area contributed by atoms with Gasteiger partial charge in [-0.1, -0.05) is 0 Å². The zero-order valence-corrected chi connectivity index (χ0v) is 8.23. The summed E-state index contributed by atoms with van der Waals surface area (Å²) in [5.74, 6) is 0. The summed E-state index contributed by atoms with van der Waals surface area (Å²) >= 11 is 2.32. The van der Waals surface area contributed by atoms with Gasteiger partial charge in [-0.25, -0.2) is 0 Å². The first-order valence-corrected chi connectivity index (χ1v) is 5.03. The molecule has 0 aromatic heterocycles. The van der Waals surface area contributed by atoms with Crippen molar-refractivity contribution in [3.63, 3.8) is 0 Å². The van der Waals surface area contributed by atoms with E-state index in [1.54, 1.807) is 0 Å². The molecule has 58 valence electrons. The second kappa shape index (κ2) is 2.60. The fourth-order valence-electron chi connectivity index (χ4n) is 1.97. The summed E-state index contributed by atoms with van der Waals surface area (Å²) in [5, 5.41) is 0. The van der Waals surface area contributed by atoms with Gasteiger partial charge in [0.1, 0.15) is 0 Å². The Kier molecular flexibility index (Phi) is 1.90. The van der Waals surface area contributed by atoms with Crippen molar-refractivity contribution in [2.24, 2.45) is 0 Å². The zero-order chi connectivity index (χ0) is 7.03. The van der Waals surface area contributed by atoms with Gasteiger partial charge < -0.3 is 4.90 Å². The van der Waals surface area contributed by atoms with E-state index in [1.165, 1.54) is 38.9 Å². The van der Waals surface area contributed by atoms with Crippen molar-refractivity contribution in [3.8, 4) is 0 Å². The predicted molar refractivity (Wildman–Crippen MR) is 50.2 cm³/mol. The van der Waals surface area contributed by atoms with Crippen molar-refractivity contribution >= 4 is 22.9 Å². The average molecular weight is 252 g/mol. The van der Waals surface area contributed by atoms with E-state index in [2.05, 4.69) is 31.3 Å². The van der Waals surface area contributed by atoms with Crippen LogP contribution in [0.25, 0.3) is 0 Å². The third kappa shape index (κ3) is 1.08. The number of piperidine rings is 3. The van der Waals surface area contributed by atoms with Crippen LogP contribution in [0, 0.1) is 0 Å². The molecule has 3 aliphatic rings. The summed E-state index contributed by atoms with van der Waals surface area (Å²) in [6.07, 6.45) is 4.07. The molecular weight excluding hydrogens is 239 g/mol. The van der Waals surface area contributed by atoms with Gasteiger partial charge in [0, 0.05) is 28.4 Å². The first-order valence-electron chi connectivity index (χ1n) is 3.95. The smallest absolute Gasteiger partial charge is 0.0311 e. The Morgan fingerprint density at radius 1 is 1.10 bits per heavy atom. The van der Waals surface area contributed by atoms with Crippen molar-refractivity contribution in [2.75, 3.05) is 19.6 Å². The van der Waals surface area contributed by atoms with Crippen LogP contribution in [0.5, 0.6) is 0 Å². The molecule has 3 heteroatoms. The number of rotatable bonds is 1. The molecule has 3 fully saturated rings. The molecule has 0 radical (unpaired) electrons. The first-order chi connectivity index (χ1) is 4.85. The molecular formula is C7H13IN2. The molecule has 10 heavy (non-hydrogen) atoms. The van der Waals surface area contributed by atoms with Crippen molar-refractivity contribution in [3.05, 3.63) is 0 Å². The molecule has 0 aromatic carbocycles. The van der Waals surface area contributed by atoms with Gasteiger partial charge in [-0.05, 0) is 38.9 Å². The van der Waals surface area contributed by atoms with Gasteiger partial charge in [-0.2, -0.15) is 0 Å². The summed E-state index contributed by atoms with van der Waals surface area (Å²) in [6, 6.07) is 0. The first kappa shape index (κ1) is 7.31. The lowest BCUT2D eigenvalue weighted by atomic mass is 9.81. The Morgan fingerprint density at radius 3 is 1.90 bits per heavy atom.